The van der Waals surface area contributed by atoms with Crippen molar-refractivity contribution in [2.75, 3.05) is 0 Å². The zero-order valence-electron chi connectivity index (χ0n) is 28.1. The number of rotatable bonds is 3. The normalized spacial score (nSPS) is 13.0. The van der Waals surface area contributed by atoms with Crippen LogP contribution < -0.4 is 21.1 Å². The van der Waals surface area contributed by atoms with Gasteiger partial charge in [-0.15, -0.1) is 0 Å². The molecule has 0 saturated heterocycles. The Morgan fingerprint density at radius 1 is 0.511 bits per heavy atom. The van der Waals surface area contributed by atoms with Crippen LogP contribution in [0.4, 0.5) is 0 Å². The lowest BCUT2D eigenvalue weighted by atomic mass is 9.34. The van der Waals surface area contributed by atoms with Crippen LogP contribution in [0.2, 0.25) is 0 Å². The third-order valence-corrected chi connectivity index (χ3v) is 9.85. The van der Waals surface area contributed by atoms with Gasteiger partial charge >= 0.3 is 0 Å². The second kappa shape index (κ2) is 10.8. The molecule has 0 amide bonds. The van der Waals surface area contributed by atoms with Crippen LogP contribution in [0, 0.1) is 0 Å². The van der Waals surface area contributed by atoms with Crippen LogP contribution >= 0.6 is 0 Å². The molecule has 6 aromatic carbocycles. The van der Waals surface area contributed by atoms with Gasteiger partial charge in [-0.05, 0) is 79.8 Å². The number of benzene rings is 6. The van der Waals surface area contributed by atoms with Crippen molar-refractivity contribution in [1.29, 1.82) is 0 Å². The SMILES string of the molecule is CC(C)(C)c1cc(-c2cccc(-n3c4ccccc4c4ccccc43)c2B2c3ccccc3Oc3ccccc32)cc(C(C)(C)C)c1. The van der Waals surface area contributed by atoms with E-state index in [9.17, 15) is 0 Å². The maximum absolute atomic E-state index is 6.57. The van der Waals surface area contributed by atoms with E-state index in [0.29, 0.717) is 0 Å². The van der Waals surface area contributed by atoms with Crippen LogP contribution in [0.25, 0.3) is 38.6 Å². The van der Waals surface area contributed by atoms with Crippen molar-refractivity contribution in [3.05, 3.63) is 145 Å². The predicted octanol–water partition coefficient (Wildman–Crippen LogP) is 9.67. The average Bonchev–Trinajstić information content (AvgIpc) is 3.40. The Balaban J connectivity index is 1.54. The smallest absolute Gasteiger partial charge is 0.254 e. The van der Waals surface area contributed by atoms with E-state index >= 15 is 0 Å². The van der Waals surface area contributed by atoms with Crippen molar-refractivity contribution in [3.8, 4) is 28.3 Å². The monoisotopic (exact) mass is 609 g/mol. The third kappa shape index (κ3) is 4.88. The van der Waals surface area contributed by atoms with Crippen molar-refractivity contribution in [1.82, 2.24) is 4.57 Å². The van der Waals surface area contributed by atoms with E-state index in [1.807, 2.05) is 0 Å². The summed E-state index contributed by atoms with van der Waals surface area (Å²) in [5.74, 6) is 1.83. The molecule has 1 aliphatic rings. The highest BCUT2D eigenvalue weighted by atomic mass is 16.5. The second-order valence-electron chi connectivity index (χ2n) is 15.0. The number of hydrogen-bond acceptors (Lipinski definition) is 1. The molecule has 47 heavy (non-hydrogen) atoms. The van der Waals surface area contributed by atoms with Crippen molar-refractivity contribution < 1.29 is 4.74 Å². The van der Waals surface area contributed by atoms with Crippen molar-refractivity contribution in [2.24, 2.45) is 0 Å². The van der Waals surface area contributed by atoms with Crippen molar-refractivity contribution in [3.63, 3.8) is 0 Å². The van der Waals surface area contributed by atoms with Gasteiger partial charge in [-0.1, -0.05) is 145 Å². The Hall–Kier alpha value is -5.02. The lowest BCUT2D eigenvalue weighted by Gasteiger charge is -2.31. The van der Waals surface area contributed by atoms with Crippen LogP contribution in [0.1, 0.15) is 52.7 Å². The molecular weight excluding hydrogens is 569 g/mol. The molecule has 230 valence electrons. The number of ether oxygens (including phenoxy) is 1. The summed E-state index contributed by atoms with van der Waals surface area (Å²) in [6.45, 7) is 13.9. The van der Waals surface area contributed by atoms with Crippen molar-refractivity contribution >= 4 is 44.9 Å². The summed E-state index contributed by atoms with van der Waals surface area (Å²) in [5, 5.41) is 2.52. The molecule has 8 rings (SSSR count). The first kappa shape index (κ1) is 29.4. The zero-order chi connectivity index (χ0) is 32.5. The molecule has 2 heterocycles. The number of fused-ring (bicyclic) bond motifs is 5. The van der Waals surface area contributed by atoms with Gasteiger partial charge in [0.15, 0.2) is 0 Å². The minimum absolute atomic E-state index is 0.00149. The van der Waals surface area contributed by atoms with E-state index in [1.165, 1.54) is 66.1 Å². The number of aromatic nitrogens is 1. The summed E-state index contributed by atoms with van der Waals surface area (Å²) in [4.78, 5) is 0. The molecule has 0 unspecified atom stereocenters. The van der Waals surface area contributed by atoms with Gasteiger partial charge < -0.3 is 9.30 Å². The summed E-state index contributed by atoms with van der Waals surface area (Å²) in [6.07, 6.45) is 0. The summed E-state index contributed by atoms with van der Waals surface area (Å²) < 4.78 is 9.06. The predicted molar refractivity (Wildman–Crippen MR) is 201 cm³/mol. The lowest BCUT2D eigenvalue weighted by molar-refractivity contribution is 0.487. The molecule has 0 saturated carbocycles. The van der Waals surface area contributed by atoms with E-state index in [0.717, 1.165) is 11.5 Å². The van der Waals surface area contributed by atoms with Gasteiger partial charge in [0.2, 0.25) is 0 Å². The van der Waals surface area contributed by atoms with Gasteiger partial charge in [0, 0.05) is 16.5 Å². The number of para-hydroxylation sites is 4. The average molecular weight is 610 g/mol. The van der Waals surface area contributed by atoms with Gasteiger partial charge in [-0.3, -0.25) is 0 Å². The minimum atomic E-state index is -0.0429. The molecule has 0 fully saturated rings. The second-order valence-corrected chi connectivity index (χ2v) is 15.0. The fourth-order valence-corrected chi connectivity index (χ4v) is 7.36. The van der Waals surface area contributed by atoms with E-state index in [4.69, 9.17) is 4.74 Å². The Bertz CT molecular complexity index is 2180. The quantitative estimate of drug-likeness (QED) is 0.182. The number of nitrogens with zero attached hydrogens (tertiary/aromatic N) is 1. The molecule has 0 radical (unpaired) electrons. The first-order chi connectivity index (χ1) is 22.6. The topological polar surface area (TPSA) is 14.2 Å². The molecule has 2 nitrogen and oxygen atoms in total. The first-order valence-electron chi connectivity index (χ1n) is 16.7. The Morgan fingerprint density at radius 2 is 1.00 bits per heavy atom. The van der Waals surface area contributed by atoms with Crippen LogP contribution in [-0.2, 0) is 10.8 Å². The molecule has 1 aliphatic heterocycles. The van der Waals surface area contributed by atoms with E-state index in [-0.39, 0.29) is 17.5 Å². The van der Waals surface area contributed by atoms with E-state index in [2.05, 4.69) is 180 Å². The minimum Gasteiger partial charge on any atom is -0.458 e. The highest BCUT2D eigenvalue weighted by molar-refractivity contribution is 6.98. The highest BCUT2D eigenvalue weighted by Crippen LogP contribution is 2.37. The zero-order valence-corrected chi connectivity index (χ0v) is 28.1. The molecule has 0 spiro atoms. The molecule has 0 atom stereocenters. The Morgan fingerprint density at radius 3 is 1.53 bits per heavy atom. The van der Waals surface area contributed by atoms with Crippen LogP contribution in [-0.4, -0.2) is 11.3 Å². The molecular formula is C44H40BNO. The van der Waals surface area contributed by atoms with Crippen LogP contribution in [0.5, 0.6) is 11.5 Å². The molecule has 0 aliphatic carbocycles. The Labute approximate surface area is 278 Å². The molecule has 0 N–H and O–H groups in total. The van der Waals surface area contributed by atoms with E-state index in [1.54, 1.807) is 0 Å². The first-order valence-corrected chi connectivity index (χ1v) is 16.7. The fraction of sp³-hybridized carbons (Fsp3) is 0.182. The standard InChI is InChI=1S/C44H40BNO/c1-43(2,3)30-26-29(27-31(28-30)44(4,5)6)32-18-15-23-39(46-37-21-11-7-16-33(37)34-17-8-12-22-38(34)46)42(32)45-35-19-9-13-24-40(35)47-41-25-14-10-20-36(41)45/h7-28H,1-6H3. The van der Waals surface area contributed by atoms with Crippen molar-refractivity contribution in [2.45, 2.75) is 52.4 Å². The maximum atomic E-state index is 6.57. The molecule has 7 aromatic rings. The lowest BCUT2D eigenvalue weighted by Crippen LogP contribution is -2.56. The van der Waals surface area contributed by atoms with Crippen LogP contribution in [0.3, 0.4) is 0 Å². The summed E-state index contributed by atoms with van der Waals surface area (Å²) in [7, 11) is 0. The van der Waals surface area contributed by atoms with Gasteiger partial charge in [0.05, 0.1) is 11.0 Å². The third-order valence-electron chi connectivity index (χ3n) is 9.85. The molecule has 3 heteroatoms. The summed E-state index contributed by atoms with van der Waals surface area (Å²) in [6, 6.07) is 48.9. The summed E-state index contributed by atoms with van der Waals surface area (Å²) >= 11 is 0. The van der Waals surface area contributed by atoms with Gasteiger partial charge in [0.1, 0.15) is 11.5 Å². The van der Waals surface area contributed by atoms with Crippen LogP contribution in [0.15, 0.2) is 133 Å². The molecule has 1 aromatic heterocycles. The summed E-state index contributed by atoms with van der Waals surface area (Å²) in [5.41, 5.74) is 12.5. The highest BCUT2D eigenvalue weighted by Gasteiger charge is 2.36. The van der Waals surface area contributed by atoms with E-state index < -0.39 is 0 Å². The Kier molecular flexibility index (Phi) is 6.74. The molecule has 0 bridgehead atoms. The maximum Gasteiger partial charge on any atom is 0.254 e. The fourth-order valence-electron chi connectivity index (χ4n) is 7.36. The van der Waals surface area contributed by atoms with Gasteiger partial charge in [0.25, 0.3) is 6.71 Å². The van der Waals surface area contributed by atoms with Gasteiger partial charge in [-0.25, -0.2) is 0 Å². The number of hydrogen-bond donors (Lipinski definition) is 0. The van der Waals surface area contributed by atoms with Gasteiger partial charge in [-0.2, -0.15) is 0 Å². The largest absolute Gasteiger partial charge is 0.458 e.